The van der Waals surface area contributed by atoms with Crippen LogP contribution < -0.4 is 0 Å². The van der Waals surface area contributed by atoms with Crippen molar-refractivity contribution < 1.29 is 0 Å². The van der Waals surface area contributed by atoms with Crippen molar-refractivity contribution in [3.8, 4) is 11.4 Å². The standard InChI is InChI=1S/C15H18N6S2/c1-5-21-11(10-7-6-8-16-9-10)18-19-13(21)22-14-17-12(20-23-14)15(2,3)4/h6-9H,5H2,1-4H3. The number of rotatable bonds is 4. The van der Waals surface area contributed by atoms with Gasteiger partial charge in [0.25, 0.3) is 0 Å². The van der Waals surface area contributed by atoms with Crippen LogP contribution in [0.25, 0.3) is 11.4 Å². The summed E-state index contributed by atoms with van der Waals surface area (Å²) in [5, 5.41) is 9.46. The van der Waals surface area contributed by atoms with Gasteiger partial charge in [-0.3, -0.25) is 4.98 Å². The second-order valence-electron chi connectivity index (χ2n) is 6.03. The third-order valence-electron chi connectivity index (χ3n) is 3.21. The zero-order chi connectivity index (χ0) is 16.4. The van der Waals surface area contributed by atoms with Gasteiger partial charge in [-0.15, -0.1) is 10.2 Å². The molecular weight excluding hydrogens is 328 g/mol. The Morgan fingerprint density at radius 3 is 2.70 bits per heavy atom. The van der Waals surface area contributed by atoms with E-state index in [1.165, 1.54) is 23.3 Å². The zero-order valence-corrected chi connectivity index (χ0v) is 15.1. The summed E-state index contributed by atoms with van der Waals surface area (Å²) >= 11 is 2.91. The summed E-state index contributed by atoms with van der Waals surface area (Å²) in [5.41, 5.74) is 0.913. The molecule has 0 aliphatic rings. The monoisotopic (exact) mass is 346 g/mol. The molecule has 0 atom stereocenters. The lowest BCUT2D eigenvalue weighted by atomic mass is 9.96. The van der Waals surface area contributed by atoms with Crippen LogP contribution in [0.5, 0.6) is 0 Å². The molecule has 0 aliphatic heterocycles. The molecule has 3 aromatic heterocycles. The molecule has 0 fully saturated rings. The first-order valence-corrected chi connectivity index (χ1v) is 8.93. The maximum atomic E-state index is 4.61. The van der Waals surface area contributed by atoms with Crippen molar-refractivity contribution in [1.82, 2.24) is 29.1 Å². The molecule has 0 aliphatic carbocycles. The lowest BCUT2D eigenvalue weighted by Crippen LogP contribution is -2.12. The van der Waals surface area contributed by atoms with Gasteiger partial charge < -0.3 is 4.57 Å². The summed E-state index contributed by atoms with van der Waals surface area (Å²) in [6.45, 7) is 9.19. The summed E-state index contributed by atoms with van der Waals surface area (Å²) in [6, 6.07) is 3.89. The highest BCUT2D eigenvalue weighted by molar-refractivity contribution is 8.00. The molecule has 0 N–H and O–H groups in total. The van der Waals surface area contributed by atoms with E-state index in [4.69, 9.17) is 0 Å². The number of nitrogens with zero attached hydrogens (tertiary/aromatic N) is 6. The average molecular weight is 346 g/mol. The van der Waals surface area contributed by atoms with Crippen LogP contribution in [0.1, 0.15) is 33.5 Å². The van der Waals surface area contributed by atoms with E-state index in [0.717, 1.165) is 33.3 Å². The Morgan fingerprint density at radius 1 is 1.26 bits per heavy atom. The Bertz CT molecular complexity index is 788. The molecule has 23 heavy (non-hydrogen) atoms. The predicted molar refractivity (Wildman–Crippen MR) is 91.7 cm³/mol. The Kier molecular flexibility index (Phi) is 4.45. The second kappa shape index (κ2) is 6.37. The van der Waals surface area contributed by atoms with Gasteiger partial charge in [-0.2, -0.15) is 4.37 Å². The van der Waals surface area contributed by atoms with Gasteiger partial charge in [0.1, 0.15) is 5.82 Å². The largest absolute Gasteiger partial charge is 0.302 e. The van der Waals surface area contributed by atoms with Gasteiger partial charge in [0.15, 0.2) is 15.3 Å². The number of hydrogen-bond donors (Lipinski definition) is 0. The van der Waals surface area contributed by atoms with Gasteiger partial charge in [0.05, 0.1) is 0 Å². The highest BCUT2D eigenvalue weighted by atomic mass is 32.2. The molecular formula is C15H18N6S2. The number of hydrogen-bond acceptors (Lipinski definition) is 7. The number of aromatic nitrogens is 6. The van der Waals surface area contributed by atoms with Crippen molar-refractivity contribution >= 4 is 23.3 Å². The van der Waals surface area contributed by atoms with E-state index in [1.807, 2.05) is 12.1 Å². The maximum absolute atomic E-state index is 4.61. The lowest BCUT2D eigenvalue weighted by molar-refractivity contribution is 0.551. The first kappa shape index (κ1) is 16.1. The van der Waals surface area contributed by atoms with Crippen LogP contribution in [0, 0.1) is 0 Å². The van der Waals surface area contributed by atoms with Crippen molar-refractivity contribution in [3.63, 3.8) is 0 Å². The van der Waals surface area contributed by atoms with Crippen LogP contribution in [-0.2, 0) is 12.0 Å². The third-order valence-corrected chi connectivity index (χ3v) is 4.95. The molecule has 0 saturated carbocycles. The molecule has 8 heteroatoms. The summed E-state index contributed by atoms with van der Waals surface area (Å²) in [5.74, 6) is 1.68. The van der Waals surface area contributed by atoms with E-state index >= 15 is 0 Å². The lowest BCUT2D eigenvalue weighted by Gasteiger charge is -2.12. The van der Waals surface area contributed by atoms with Gasteiger partial charge in [-0.1, -0.05) is 20.8 Å². The summed E-state index contributed by atoms with van der Waals surface area (Å²) in [7, 11) is 0. The van der Waals surface area contributed by atoms with Crippen LogP contribution in [-0.4, -0.2) is 29.1 Å². The molecule has 0 aromatic carbocycles. The molecule has 0 unspecified atom stereocenters. The van der Waals surface area contributed by atoms with E-state index in [1.54, 1.807) is 12.4 Å². The molecule has 3 rings (SSSR count). The Morgan fingerprint density at radius 2 is 2.09 bits per heavy atom. The quantitative estimate of drug-likeness (QED) is 0.718. The van der Waals surface area contributed by atoms with Crippen LogP contribution in [0.3, 0.4) is 0 Å². The first-order valence-electron chi connectivity index (χ1n) is 7.34. The smallest absolute Gasteiger partial charge is 0.198 e. The van der Waals surface area contributed by atoms with Gasteiger partial charge in [-0.05, 0) is 42.4 Å². The van der Waals surface area contributed by atoms with E-state index < -0.39 is 0 Å². The van der Waals surface area contributed by atoms with E-state index in [2.05, 4.69) is 56.8 Å². The molecule has 0 amide bonds. The fourth-order valence-corrected chi connectivity index (χ4v) is 3.78. The fraction of sp³-hybridized carbons (Fsp3) is 0.400. The first-order chi connectivity index (χ1) is 11.0. The SMILES string of the molecule is CCn1c(Sc2nc(C(C)(C)C)ns2)nnc1-c1cccnc1. The Labute approximate surface area is 143 Å². The molecule has 0 bridgehead atoms. The second-order valence-corrected chi connectivity index (χ2v) is 7.99. The molecule has 120 valence electrons. The van der Waals surface area contributed by atoms with Gasteiger partial charge in [-0.25, -0.2) is 4.98 Å². The third kappa shape index (κ3) is 3.42. The maximum Gasteiger partial charge on any atom is 0.198 e. The highest BCUT2D eigenvalue weighted by Crippen LogP contribution is 2.32. The fourth-order valence-electron chi connectivity index (χ4n) is 1.99. The molecule has 0 saturated heterocycles. The van der Waals surface area contributed by atoms with Crippen molar-refractivity contribution in [2.75, 3.05) is 0 Å². The molecule has 0 spiro atoms. The van der Waals surface area contributed by atoms with E-state index in [-0.39, 0.29) is 5.41 Å². The van der Waals surface area contributed by atoms with Crippen LogP contribution >= 0.6 is 23.3 Å². The molecule has 3 heterocycles. The molecule has 6 nitrogen and oxygen atoms in total. The summed E-state index contributed by atoms with van der Waals surface area (Å²) < 4.78 is 7.40. The van der Waals surface area contributed by atoms with Gasteiger partial charge in [0, 0.05) is 29.9 Å². The van der Waals surface area contributed by atoms with E-state index in [9.17, 15) is 0 Å². The molecule has 0 radical (unpaired) electrons. The van der Waals surface area contributed by atoms with Crippen LogP contribution in [0.4, 0.5) is 0 Å². The van der Waals surface area contributed by atoms with E-state index in [0.29, 0.717) is 0 Å². The minimum Gasteiger partial charge on any atom is -0.302 e. The number of pyridine rings is 1. The normalized spacial score (nSPS) is 11.8. The van der Waals surface area contributed by atoms with Crippen molar-refractivity contribution in [2.24, 2.45) is 0 Å². The van der Waals surface area contributed by atoms with Crippen molar-refractivity contribution in [1.29, 1.82) is 0 Å². The topological polar surface area (TPSA) is 69.4 Å². The minimum atomic E-state index is -0.0470. The predicted octanol–water partition coefficient (Wildman–Crippen LogP) is 3.66. The average Bonchev–Trinajstić information content (AvgIpc) is 3.15. The highest BCUT2D eigenvalue weighted by Gasteiger charge is 2.21. The zero-order valence-electron chi connectivity index (χ0n) is 13.5. The van der Waals surface area contributed by atoms with Crippen molar-refractivity contribution in [3.05, 3.63) is 30.4 Å². The van der Waals surface area contributed by atoms with Crippen LogP contribution in [0.2, 0.25) is 0 Å². The Balaban J connectivity index is 1.90. The van der Waals surface area contributed by atoms with Gasteiger partial charge in [0.2, 0.25) is 0 Å². The summed E-state index contributed by atoms with van der Waals surface area (Å²) in [6.07, 6.45) is 3.55. The Hall–Kier alpha value is -1.80. The van der Waals surface area contributed by atoms with Crippen LogP contribution in [0.15, 0.2) is 34.0 Å². The summed E-state index contributed by atoms with van der Waals surface area (Å²) in [4.78, 5) is 8.76. The minimum absolute atomic E-state index is 0.0470. The van der Waals surface area contributed by atoms with Crippen molar-refractivity contribution in [2.45, 2.75) is 49.2 Å². The van der Waals surface area contributed by atoms with Gasteiger partial charge >= 0.3 is 0 Å². The molecule has 3 aromatic rings.